The summed E-state index contributed by atoms with van der Waals surface area (Å²) in [5.41, 5.74) is 2.14. The molecule has 1 unspecified atom stereocenters. The molecule has 2 aliphatic rings. The molecule has 3 aromatic rings. The average molecular weight is 419 g/mol. The molecule has 0 saturated carbocycles. The Morgan fingerprint density at radius 2 is 1.77 bits per heavy atom. The molecule has 1 fully saturated rings. The third kappa shape index (κ3) is 3.85. The van der Waals surface area contributed by atoms with E-state index in [4.69, 9.17) is 4.74 Å². The number of hydrogen-bond donors (Lipinski definition) is 0. The van der Waals surface area contributed by atoms with Gasteiger partial charge in [0.15, 0.2) is 0 Å². The first-order valence-corrected chi connectivity index (χ1v) is 10.7. The van der Waals surface area contributed by atoms with Gasteiger partial charge in [0.05, 0.1) is 24.9 Å². The lowest BCUT2D eigenvalue weighted by atomic mass is 9.97. The molecule has 1 saturated heterocycles. The number of aromatic nitrogens is 4. The van der Waals surface area contributed by atoms with E-state index in [0.29, 0.717) is 19.6 Å². The predicted molar refractivity (Wildman–Crippen MR) is 117 cm³/mol. The summed E-state index contributed by atoms with van der Waals surface area (Å²) in [5.74, 6) is 2.85. The number of benzene rings is 1. The van der Waals surface area contributed by atoms with Crippen molar-refractivity contribution in [3.63, 3.8) is 0 Å². The van der Waals surface area contributed by atoms with Crippen LogP contribution in [0.1, 0.15) is 12.2 Å². The molecule has 8 heteroatoms. The molecule has 2 aromatic heterocycles. The maximum atomic E-state index is 13.3. The van der Waals surface area contributed by atoms with E-state index < -0.39 is 0 Å². The van der Waals surface area contributed by atoms with Crippen LogP contribution >= 0.6 is 0 Å². The second kappa shape index (κ2) is 8.37. The van der Waals surface area contributed by atoms with Gasteiger partial charge in [-0.2, -0.15) is 0 Å². The van der Waals surface area contributed by atoms with Crippen LogP contribution in [0.15, 0.2) is 48.9 Å². The number of amides is 1. The van der Waals surface area contributed by atoms with Gasteiger partial charge < -0.3 is 19.1 Å². The molecule has 160 valence electrons. The fraction of sp³-hybridized carbons (Fsp3) is 0.391. The lowest BCUT2D eigenvalue weighted by Gasteiger charge is -2.37. The second-order valence-electron chi connectivity index (χ2n) is 8.00. The van der Waals surface area contributed by atoms with Gasteiger partial charge in [0, 0.05) is 57.1 Å². The molecule has 2 aliphatic heterocycles. The molecule has 1 amide bonds. The van der Waals surface area contributed by atoms with Crippen molar-refractivity contribution in [2.24, 2.45) is 5.92 Å². The van der Waals surface area contributed by atoms with Crippen LogP contribution < -0.4 is 9.64 Å². The molecule has 8 nitrogen and oxygen atoms in total. The van der Waals surface area contributed by atoms with Gasteiger partial charge in [0.2, 0.25) is 11.9 Å². The molecule has 1 aromatic carbocycles. The van der Waals surface area contributed by atoms with Crippen LogP contribution in [-0.4, -0.2) is 63.6 Å². The number of rotatable bonds is 4. The molecule has 1 atom stereocenters. The molecule has 0 spiro atoms. The number of piperazine rings is 1. The number of fused-ring (bicyclic) bond motifs is 1. The molecular formula is C23H26N6O2. The van der Waals surface area contributed by atoms with Gasteiger partial charge in [-0.1, -0.05) is 0 Å². The van der Waals surface area contributed by atoms with Gasteiger partial charge in [-0.25, -0.2) is 15.0 Å². The lowest BCUT2D eigenvalue weighted by molar-refractivity contribution is -0.136. The molecule has 0 N–H and O–H groups in total. The standard InChI is InChI=1S/C23H26N6O2/c1-31-19-6-3-17(4-7-19)20-15-26-21-8-5-18(16-29(20)21)22(30)27-11-13-28(14-12-27)23-24-9-2-10-25-23/h2-4,6-7,9-10,15,18H,5,8,11-14,16H2,1H3. The van der Waals surface area contributed by atoms with Crippen molar-refractivity contribution in [3.8, 4) is 17.0 Å². The summed E-state index contributed by atoms with van der Waals surface area (Å²) in [6.45, 7) is 3.61. The normalized spacial score (nSPS) is 18.5. The minimum atomic E-state index is -0.0155. The third-order valence-corrected chi connectivity index (χ3v) is 6.22. The van der Waals surface area contributed by atoms with Crippen LogP contribution in [0.5, 0.6) is 5.75 Å². The van der Waals surface area contributed by atoms with Crippen LogP contribution in [0.3, 0.4) is 0 Å². The quantitative estimate of drug-likeness (QED) is 0.647. The van der Waals surface area contributed by atoms with Crippen molar-refractivity contribution >= 4 is 11.9 Å². The highest BCUT2D eigenvalue weighted by molar-refractivity contribution is 5.79. The van der Waals surface area contributed by atoms with Gasteiger partial charge in [-0.15, -0.1) is 0 Å². The Morgan fingerprint density at radius 1 is 1.03 bits per heavy atom. The summed E-state index contributed by atoms with van der Waals surface area (Å²) >= 11 is 0. The summed E-state index contributed by atoms with van der Waals surface area (Å²) in [6.07, 6.45) is 7.10. The highest BCUT2D eigenvalue weighted by Gasteiger charge is 2.32. The SMILES string of the molecule is COc1ccc(-c2cnc3n2CC(C(=O)N2CCN(c4ncccn4)CC2)CC3)cc1. The van der Waals surface area contributed by atoms with Crippen molar-refractivity contribution in [1.29, 1.82) is 0 Å². The summed E-state index contributed by atoms with van der Waals surface area (Å²) in [5, 5.41) is 0. The first-order chi connectivity index (χ1) is 15.2. The summed E-state index contributed by atoms with van der Waals surface area (Å²) in [4.78, 5) is 30.7. The van der Waals surface area contributed by atoms with E-state index in [1.54, 1.807) is 19.5 Å². The van der Waals surface area contributed by atoms with Crippen molar-refractivity contribution in [2.75, 3.05) is 38.2 Å². The highest BCUT2D eigenvalue weighted by atomic mass is 16.5. The van der Waals surface area contributed by atoms with E-state index in [1.165, 1.54) is 0 Å². The molecule has 4 heterocycles. The Hall–Kier alpha value is -3.42. The number of aryl methyl sites for hydroxylation is 1. The third-order valence-electron chi connectivity index (χ3n) is 6.22. The van der Waals surface area contributed by atoms with Crippen molar-refractivity contribution in [3.05, 3.63) is 54.7 Å². The van der Waals surface area contributed by atoms with Crippen LogP contribution in [0.4, 0.5) is 5.95 Å². The van der Waals surface area contributed by atoms with E-state index in [9.17, 15) is 4.79 Å². The van der Waals surface area contributed by atoms with E-state index in [-0.39, 0.29) is 11.8 Å². The zero-order valence-corrected chi connectivity index (χ0v) is 17.6. The van der Waals surface area contributed by atoms with E-state index >= 15 is 0 Å². The topological polar surface area (TPSA) is 76.4 Å². The minimum Gasteiger partial charge on any atom is -0.497 e. The Kier molecular flexibility index (Phi) is 5.28. The van der Waals surface area contributed by atoms with Gasteiger partial charge in [0.1, 0.15) is 11.6 Å². The van der Waals surface area contributed by atoms with E-state index in [2.05, 4.69) is 24.4 Å². The fourth-order valence-electron chi connectivity index (χ4n) is 4.47. The van der Waals surface area contributed by atoms with Gasteiger partial charge >= 0.3 is 0 Å². The van der Waals surface area contributed by atoms with Gasteiger partial charge in [-0.3, -0.25) is 4.79 Å². The number of carbonyl (C=O) groups excluding carboxylic acids is 1. The zero-order chi connectivity index (χ0) is 21.2. The first kappa shape index (κ1) is 19.5. The summed E-state index contributed by atoms with van der Waals surface area (Å²) in [6, 6.07) is 9.81. The predicted octanol–water partition coefficient (Wildman–Crippen LogP) is 2.26. The number of imidazole rings is 1. The number of anilines is 1. The number of methoxy groups -OCH3 is 1. The lowest BCUT2D eigenvalue weighted by Crippen LogP contribution is -2.51. The Labute approximate surface area is 181 Å². The van der Waals surface area contributed by atoms with Gasteiger partial charge in [0.25, 0.3) is 0 Å². The molecule has 0 aliphatic carbocycles. The van der Waals surface area contributed by atoms with Crippen LogP contribution in [-0.2, 0) is 17.8 Å². The summed E-state index contributed by atoms with van der Waals surface area (Å²) in [7, 11) is 1.67. The smallest absolute Gasteiger partial charge is 0.227 e. The van der Waals surface area contributed by atoms with Crippen LogP contribution in [0, 0.1) is 5.92 Å². The van der Waals surface area contributed by atoms with Crippen molar-refractivity contribution < 1.29 is 9.53 Å². The fourth-order valence-corrected chi connectivity index (χ4v) is 4.47. The second-order valence-corrected chi connectivity index (χ2v) is 8.00. The van der Waals surface area contributed by atoms with Crippen molar-refractivity contribution in [2.45, 2.75) is 19.4 Å². The first-order valence-electron chi connectivity index (χ1n) is 10.7. The monoisotopic (exact) mass is 418 g/mol. The van der Waals surface area contributed by atoms with Crippen molar-refractivity contribution in [1.82, 2.24) is 24.4 Å². The Balaban J connectivity index is 1.26. The van der Waals surface area contributed by atoms with Crippen LogP contribution in [0.2, 0.25) is 0 Å². The molecule has 0 bridgehead atoms. The summed E-state index contributed by atoms with van der Waals surface area (Å²) < 4.78 is 7.48. The zero-order valence-electron chi connectivity index (χ0n) is 17.6. The largest absolute Gasteiger partial charge is 0.497 e. The number of nitrogens with zero attached hydrogens (tertiary/aromatic N) is 6. The Morgan fingerprint density at radius 3 is 2.48 bits per heavy atom. The number of ether oxygens (including phenoxy) is 1. The van der Waals surface area contributed by atoms with E-state index in [1.807, 2.05) is 41.4 Å². The Bertz CT molecular complexity index is 1040. The van der Waals surface area contributed by atoms with E-state index in [0.717, 1.165) is 54.7 Å². The number of hydrogen-bond acceptors (Lipinski definition) is 6. The number of carbonyl (C=O) groups is 1. The minimum absolute atomic E-state index is 0.0155. The molecule has 31 heavy (non-hydrogen) atoms. The van der Waals surface area contributed by atoms with Gasteiger partial charge in [-0.05, 0) is 36.8 Å². The molecule has 5 rings (SSSR count). The van der Waals surface area contributed by atoms with Crippen LogP contribution in [0.25, 0.3) is 11.3 Å². The average Bonchev–Trinajstić information content (AvgIpc) is 3.27. The maximum Gasteiger partial charge on any atom is 0.227 e. The molecular weight excluding hydrogens is 392 g/mol. The molecule has 0 radical (unpaired) electrons. The highest BCUT2D eigenvalue weighted by Crippen LogP contribution is 2.29. The maximum absolute atomic E-state index is 13.3.